The van der Waals surface area contributed by atoms with E-state index in [1.165, 1.54) is 19.3 Å². The summed E-state index contributed by atoms with van der Waals surface area (Å²) in [6.45, 7) is 16.4. The summed E-state index contributed by atoms with van der Waals surface area (Å²) in [6, 6.07) is 0. The van der Waals surface area contributed by atoms with Gasteiger partial charge >= 0.3 is 0 Å². The van der Waals surface area contributed by atoms with Gasteiger partial charge in [0.15, 0.2) is 0 Å². The Morgan fingerprint density at radius 2 is 1.76 bits per heavy atom. The van der Waals surface area contributed by atoms with Crippen LogP contribution in [0.3, 0.4) is 0 Å². The summed E-state index contributed by atoms with van der Waals surface area (Å²) in [4.78, 5) is 0. The topological polar surface area (TPSA) is 9.23 Å². The van der Waals surface area contributed by atoms with Crippen molar-refractivity contribution in [3.8, 4) is 0 Å². The van der Waals surface area contributed by atoms with Crippen LogP contribution >= 0.6 is 0 Å². The van der Waals surface area contributed by atoms with Crippen LogP contribution in [0.15, 0.2) is 0 Å². The molecule has 2 aliphatic rings. The third-order valence-corrected chi connectivity index (χ3v) is 5.70. The molecule has 4 unspecified atom stereocenters. The molecule has 0 aromatic carbocycles. The summed E-state index contributed by atoms with van der Waals surface area (Å²) in [7, 11) is 0. The van der Waals surface area contributed by atoms with E-state index in [1.54, 1.807) is 0 Å². The van der Waals surface area contributed by atoms with E-state index in [0.717, 1.165) is 5.92 Å². The van der Waals surface area contributed by atoms with Gasteiger partial charge in [0.1, 0.15) is 0 Å². The SMILES string of the molecule is CC(OC1C2(C)CCC(C2)C1(C)C)C(C)(C)C. The lowest BCUT2D eigenvalue weighted by atomic mass is 9.70. The lowest BCUT2D eigenvalue weighted by molar-refractivity contribution is -0.145. The molecule has 100 valence electrons. The summed E-state index contributed by atoms with van der Waals surface area (Å²) >= 11 is 0. The van der Waals surface area contributed by atoms with Crippen molar-refractivity contribution >= 4 is 0 Å². The van der Waals surface area contributed by atoms with Gasteiger partial charge in [0.25, 0.3) is 0 Å². The molecule has 2 saturated carbocycles. The van der Waals surface area contributed by atoms with E-state index in [0.29, 0.717) is 23.0 Å². The van der Waals surface area contributed by atoms with Crippen LogP contribution < -0.4 is 0 Å². The van der Waals surface area contributed by atoms with Gasteiger partial charge in [-0.25, -0.2) is 0 Å². The molecule has 1 heteroatoms. The predicted molar refractivity (Wildman–Crippen MR) is 73.0 cm³/mol. The van der Waals surface area contributed by atoms with Crippen molar-refractivity contribution in [1.82, 2.24) is 0 Å². The molecule has 0 aromatic heterocycles. The lowest BCUT2D eigenvalue weighted by Crippen LogP contribution is -2.46. The van der Waals surface area contributed by atoms with E-state index >= 15 is 0 Å². The first-order valence-corrected chi connectivity index (χ1v) is 7.23. The summed E-state index contributed by atoms with van der Waals surface area (Å²) in [5.74, 6) is 0.879. The number of hydrogen-bond donors (Lipinski definition) is 0. The van der Waals surface area contributed by atoms with E-state index < -0.39 is 0 Å². The van der Waals surface area contributed by atoms with Crippen LogP contribution in [0.2, 0.25) is 0 Å². The maximum absolute atomic E-state index is 6.53. The first kappa shape index (κ1) is 13.4. The fourth-order valence-corrected chi connectivity index (χ4v) is 4.00. The van der Waals surface area contributed by atoms with Gasteiger partial charge in [0.2, 0.25) is 0 Å². The van der Waals surface area contributed by atoms with Crippen LogP contribution in [0.1, 0.15) is 67.7 Å². The molecule has 0 spiro atoms. The molecule has 1 nitrogen and oxygen atoms in total. The van der Waals surface area contributed by atoms with Gasteiger partial charge in [-0.15, -0.1) is 0 Å². The average Bonchev–Trinajstić information content (AvgIpc) is 2.62. The Balaban J connectivity index is 2.16. The Hall–Kier alpha value is -0.0400. The third kappa shape index (κ3) is 2.05. The van der Waals surface area contributed by atoms with Crippen LogP contribution in [-0.4, -0.2) is 12.2 Å². The van der Waals surface area contributed by atoms with Crippen molar-refractivity contribution in [2.24, 2.45) is 22.2 Å². The zero-order valence-electron chi connectivity index (χ0n) is 12.8. The fourth-order valence-electron chi connectivity index (χ4n) is 4.00. The van der Waals surface area contributed by atoms with Crippen molar-refractivity contribution in [2.75, 3.05) is 0 Å². The van der Waals surface area contributed by atoms with Gasteiger partial charge in [-0.3, -0.25) is 0 Å². The molecular weight excluding hydrogens is 208 g/mol. The van der Waals surface area contributed by atoms with E-state index in [-0.39, 0.29) is 5.41 Å². The minimum absolute atomic E-state index is 0.244. The molecule has 2 aliphatic carbocycles. The Labute approximate surface area is 107 Å². The van der Waals surface area contributed by atoms with Crippen LogP contribution in [-0.2, 0) is 4.74 Å². The number of fused-ring (bicyclic) bond motifs is 2. The molecule has 2 fully saturated rings. The van der Waals surface area contributed by atoms with Crippen LogP contribution in [0.25, 0.3) is 0 Å². The van der Waals surface area contributed by atoms with Crippen molar-refractivity contribution in [3.63, 3.8) is 0 Å². The maximum Gasteiger partial charge on any atom is 0.0686 e. The predicted octanol–water partition coefficient (Wildman–Crippen LogP) is 4.65. The summed E-state index contributed by atoms with van der Waals surface area (Å²) in [5, 5.41) is 0. The zero-order chi connectivity index (χ0) is 13.1. The highest BCUT2D eigenvalue weighted by molar-refractivity contribution is 5.09. The Morgan fingerprint density at radius 3 is 2.18 bits per heavy atom. The molecule has 0 heterocycles. The van der Waals surface area contributed by atoms with Crippen molar-refractivity contribution in [1.29, 1.82) is 0 Å². The molecule has 0 aliphatic heterocycles. The van der Waals surface area contributed by atoms with Crippen LogP contribution in [0, 0.1) is 22.2 Å². The second-order valence-corrected chi connectivity index (χ2v) is 8.44. The van der Waals surface area contributed by atoms with Crippen LogP contribution in [0.5, 0.6) is 0 Å². The second kappa shape index (κ2) is 3.73. The highest BCUT2D eigenvalue weighted by Gasteiger charge is 2.60. The summed E-state index contributed by atoms with van der Waals surface area (Å²) < 4.78 is 6.53. The van der Waals surface area contributed by atoms with Gasteiger partial charge < -0.3 is 4.74 Å². The first-order valence-electron chi connectivity index (χ1n) is 7.23. The van der Waals surface area contributed by atoms with E-state index in [9.17, 15) is 0 Å². The molecule has 2 rings (SSSR count). The van der Waals surface area contributed by atoms with E-state index in [2.05, 4.69) is 48.5 Å². The smallest absolute Gasteiger partial charge is 0.0686 e. The largest absolute Gasteiger partial charge is 0.374 e. The molecule has 4 atom stereocenters. The Kier molecular flexibility index (Phi) is 2.94. The summed E-state index contributed by atoms with van der Waals surface area (Å²) in [5.41, 5.74) is 1.05. The van der Waals surface area contributed by atoms with Gasteiger partial charge in [-0.05, 0) is 48.3 Å². The number of rotatable bonds is 2. The van der Waals surface area contributed by atoms with Gasteiger partial charge in [0, 0.05) is 0 Å². The standard InChI is InChI=1S/C16H30O/c1-11(14(2,3)4)17-13-15(5,6)12-8-9-16(13,7)10-12/h11-13H,8-10H2,1-7H3. The highest BCUT2D eigenvalue weighted by Crippen LogP contribution is 2.63. The fraction of sp³-hybridized carbons (Fsp3) is 1.00. The molecule has 0 amide bonds. The molecule has 0 saturated heterocycles. The highest BCUT2D eigenvalue weighted by atomic mass is 16.5. The molecular formula is C16H30O. The number of ether oxygens (including phenoxy) is 1. The zero-order valence-corrected chi connectivity index (χ0v) is 12.8. The lowest BCUT2D eigenvalue weighted by Gasteiger charge is -2.45. The van der Waals surface area contributed by atoms with Gasteiger partial charge in [-0.2, -0.15) is 0 Å². The van der Waals surface area contributed by atoms with Crippen molar-refractivity contribution < 1.29 is 4.74 Å². The molecule has 0 N–H and O–H groups in total. The van der Waals surface area contributed by atoms with E-state index in [1.807, 2.05) is 0 Å². The first-order chi connectivity index (χ1) is 7.57. The normalized spacial score (nSPS) is 41.8. The second-order valence-electron chi connectivity index (χ2n) is 8.44. The van der Waals surface area contributed by atoms with Crippen LogP contribution in [0.4, 0.5) is 0 Å². The maximum atomic E-state index is 6.53. The van der Waals surface area contributed by atoms with E-state index in [4.69, 9.17) is 4.74 Å². The summed E-state index contributed by atoms with van der Waals surface area (Å²) in [6.07, 6.45) is 4.93. The minimum atomic E-state index is 0.244. The van der Waals surface area contributed by atoms with Gasteiger partial charge in [0.05, 0.1) is 12.2 Å². The molecule has 2 bridgehead atoms. The quantitative estimate of drug-likeness (QED) is 0.680. The van der Waals surface area contributed by atoms with Gasteiger partial charge in [-0.1, -0.05) is 41.5 Å². The number of hydrogen-bond acceptors (Lipinski definition) is 1. The van der Waals surface area contributed by atoms with Crippen molar-refractivity contribution in [3.05, 3.63) is 0 Å². The molecule has 0 aromatic rings. The average molecular weight is 238 g/mol. The monoisotopic (exact) mass is 238 g/mol. The Morgan fingerprint density at radius 1 is 1.18 bits per heavy atom. The Bertz CT molecular complexity index is 294. The minimum Gasteiger partial charge on any atom is -0.374 e. The molecule has 17 heavy (non-hydrogen) atoms. The van der Waals surface area contributed by atoms with Crippen molar-refractivity contribution in [2.45, 2.75) is 79.9 Å². The third-order valence-electron chi connectivity index (χ3n) is 5.70. The molecule has 0 radical (unpaired) electrons.